The minimum atomic E-state index is -0.893. The fourth-order valence-electron chi connectivity index (χ4n) is 2.61. The molecule has 0 amide bonds. The fraction of sp³-hybridized carbons (Fsp3) is 1.00. The summed E-state index contributed by atoms with van der Waals surface area (Å²) in [6.07, 6.45) is -1.01. The van der Waals surface area contributed by atoms with Crippen molar-refractivity contribution in [3.05, 3.63) is 0 Å². The van der Waals surface area contributed by atoms with E-state index in [1.165, 1.54) is 0 Å². The molecule has 0 radical (unpaired) electrons. The molecular formula is C9H17NO4. The van der Waals surface area contributed by atoms with Crippen LogP contribution in [0.15, 0.2) is 0 Å². The minimum Gasteiger partial charge on any atom is -0.395 e. The normalized spacial score (nSPS) is 49.3. The van der Waals surface area contributed by atoms with Crippen molar-refractivity contribution in [3.8, 4) is 0 Å². The van der Waals surface area contributed by atoms with Crippen LogP contribution in [0.5, 0.6) is 0 Å². The molecule has 2 aliphatic rings. The Bertz CT molecular complexity index is 213. The molecule has 82 valence electrons. The van der Waals surface area contributed by atoms with E-state index in [-0.39, 0.29) is 18.7 Å². The lowest BCUT2D eigenvalue weighted by atomic mass is 9.98. The van der Waals surface area contributed by atoms with Crippen molar-refractivity contribution in [2.24, 2.45) is 0 Å². The van der Waals surface area contributed by atoms with Gasteiger partial charge in [-0.2, -0.15) is 0 Å². The second-order valence-electron chi connectivity index (χ2n) is 4.21. The van der Waals surface area contributed by atoms with Gasteiger partial charge in [0.1, 0.15) is 0 Å². The Balaban J connectivity index is 2.13. The maximum absolute atomic E-state index is 9.70. The van der Waals surface area contributed by atoms with Gasteiger partial charge in [0.2, 0.25) is 0 Å². The van der Waals surface area contributed by atoms with Crippen LogP contribution < -0.4 is 0 Å². The van der Waals surface area contributed by atoms with E-state index in [9.17, 15) is 15.3 Å². The lowest BCUT2D eigenvalue weighted by Crippen LogP contribution is -2.47. The Labute approximate surface area is 82.6 Å². The van der Waals surface area contributed by atoms with E-state index in [1.54, 1.807) is 0 Å². The lowest BCUT2D eigenvalue weighted by Gasteiger charge is -2.35. The van der Waals surface area contributed by atoms with Crippen LogP contribution in [0.4, 0.5) is 0 Å². The molecule has 0 saturated carbocycles. The number of hydrogen-bond donors (Lipinski definition) is 4. The van der Waals surface area contributed by atoms with E-state index >= 15 is 0 Å². The van der Waals surface area contributed by atoms with Crippen molar-refractivity contribution < 1.29 is 20.4 Å². The fourth-order valence-corrected chi connectivity index (χ4v) is 2.61. The van der Waals surface area contributed by atoms with Crippen LogP contribution in [-0.4, -0.2) is 68.9 Å². The van der Waals surface area contributed by atoms with Gasteiger partial charge in [0.05, 0.1) is 31.0 Å². The second kappa shape index (κ2) is 3.75. The van der Waals surface area contributed by atoms with E-state index in [2.05, 4.69) is 0 Å². The van der Waals surface area contributed by atoms with Crippen LogP contribution >= 0.6 is 0 Å². The SMILES string of the molecule is OC[C@@H]1[C@@H](O)[C@H](O)[C@H]2C[C@@H](O)CCN12. The van der Waals surface area contributed by atoms with Crippen molar-refractivity contribution in [2.75, 3.05) is 13.2 Å². The summed E-state index contributed by atoms with van der Waals surface area (Å²) in [7, 11) is 0. The lowest BCUT2D eigenvalue weighted by molar-refractivity contribution is 0.00361. The number of aliphatic hydroxyl groups excluding tert-OH is 4. The maximum Gasteiger partial charge on any atom is 0.0991 e. The first-order valence-corrected chi connectivity index (χ1v) is 5.06. The third-order valence-electron chi connectivity index (χ3n) is 3.41. The molecule has 0 spiro atoms. The van der Waals surface area contributed by atoms with Crippen molar-refractivity contribution in [2.45, 2.75) is 43.2 Å². The molecule has 2 heterocycles. The molecule has 2 saturated heterocycles. The first kappa shape index (κ1) is 10.3. The molecule has 5 atom stereocenters. The highest BCUT2D eigenvalue weighted by Crippen LogP contribution is 2.32. The Morgan fingerprint density at radius 1 is 1.14 bits per heavy atom. The number of rotatable bonds is 1. The summed E-state index contributed by atoms with van der Waals surface area (Å²) >= 11 is 0. The molecule has 0 aromatic heterocycles. The van der Waals surface area contributed by atoms with Gasteiger partial charge in [0.15, 0.2) is 0 Å². The third kappa shape index (κ3) is 1.45. The van der Waals surface area contributed by atoms with Gasteiger partial charge in [0.25, 0.3) is 0 Å². The number of hydrogen-bond acceptors (Lipinski definition) is 5. The summed E-state index contributed by atoms with van der Waals surface area (Å²) in [5.41, 5.74) is 0. The Hall–Kier alpha value is -0.200. The molecule has 5 heteroatoms. The summed E-state index contributed by atoms with van der Waals surface area (Å²) in [5.74, 6) is 0. The average molecular weight is 203 g/mol. The Kier molecular flexibility index (Phi) is 2.77. The molecule has 4 N–H and O–H groups in total. The number of aliphatic hydroxyl groups is 4. The first-order valence-electron chi connectivity index (χ1n) is 5.06. The molecule has 0 bridgehead atoms. The number of fused-ring (bicyclic) bond motifs is 1. The molecular weight excluding hydrogens is 186 g/mol. The molecule has 0 aromatic rings. The molecule has 0 unspecified atom stereocenters. The Morgan fingerprint density at radius 2 is 1.86 bits per heavy atom. The van der Waals surface area contributed by atoms with Crippen molar-refractivity contribution in [1.29, 1.82) is 0 Å². The third-order valence-corrected chi connectivity index (χ3v) is 3.41. The predicted octanol–water partition coefficient (Wildman–Crippen LogP) is -2.09. The zero-order valence-electron chi connectivity index (χ0n) is 7.95. The average Bonchev–Trinajstić information content (AvgIpc) is 2.41. The number of piperidine rings is 1. The highest BCUT2D eigenvalue weighted by atomic mass is 16.3. The highest BCUT2D eigenvalue weighted by Gasteiger charge is 2.49. The van der Waals surface area contributed by atoms with E-state index in [4.69, 9.17) is 5.11 Å². The van der Waals surface area contributed by atoms with E-state index in [0.717, 1.165) is 0 Å². The van der Waals surface area contributed by atoms with Gasteiger partial charge in [-0.3, -0.25) is 4.90 Å². The summed E-state index contributed by atoms with van der Waals surface area (Å²) < 4.78 is 0. The molecule has 2 fully saturated rings. The highest BCUT2D eigenvalue weighted by molar-refractivity contribution is 5.03. The molecule has 5 nitrogen and oxygen atoms in total. The van der Waals surface area contributed by atoms with Crippen molar-refractivity contribution >= 4 is 0 Å². The van der Waals surface area contributed by atoms with Gasteiger partial charge in [-0.25, -0.2) is 0 Å². The quantitative estimate of drug-likeness (QED) is 0.393. The summed E-state index contributed by atoms with van der Waals surface area (Å²) in [6, 6.07) is -0.576. The number of nitrogens with zero attached hydrogens (tertiary/aromatic N) is 1. The molecule has 0 aliphatic carbocycles. The van der Waals surface area contributed by atoms with Crippen LogP contribution in [0.25, 0.3) is 0 Å². The van der Waals surface area contributed by atoms with Crippen LogP contribution in [0.2, 0.25) is 0 Å². The van der Waals surface area contributed by atoms with Gasteiger partial charge in [-0.05, 0) is 12.8 Å². The summed E-state index contributed by atoms with van der Waals surface area (Å²) in [6.45, 7) is 0.482. The predicted molar refractivity (Wildman–Crippen MR) is 48.6 cm³/mol. The zero-order valence-corrected chi connectivity index (χ0v) is 7.95. The van der Waals surface area contributed by atoms with E-state index in [1.807, 2.05) is 4.90 Å². The molecule has 2 rings (SSSR count). The van der Waals surface area contributed by atoms with Crippen LogP contribution in [0.3, 0.4) is 0 Å². The van der Waals surface area contributed by atoms with Crippen LogP contribution in [-0.2, 0) is 0 Å². The van der Waals surface area contributed by atoms with Gasteiger partial charge in [-0.1, -0.05) is 0 Å². The largest absolute Gasteiger partial charge is 0.395 e. The van der Waals surface area contributed by atoms with Gasteiger partial charge < -0.3 is 20.4 Å². The molecule has 0 aromatic carbocycles. The molecule has 2 aliphatic heterocycles. The van der Waals surface area contributed by atoms with Crippen LogP contribution in [0, 0.1) is 0 Å². The van der Waals surface area contributed by atoms with E-state index in [0.29, 0.717) is 19.4 Å². The van der Waals surface area contributed by atoms with Gasteiger partial charge in [0, 0.05) is 12.6 Å². The minimum absolute atomic E-state index is 0.148. The van der Waals surface area contributed by atoms with E-state index < -0.39 is 18.3 Å². The van der Waals surface area contributed by atoms with Gasteiger partial charge in [-0.15, -0.1) is 0 Å². The van der Waals surface area contributed by atoms with Crippen molar-refractivity contribution in [1.82, 2.24) is 4.90 Å². The smallest absolute Gasteiger partial charge is 0.0991 e. The maximum atomic E-state index is 9.70. The molecule has 14 heavy (non-hydrogen) atoms. The van der Waals surface area contributed by atoms with Crippen LogP contribution in [0.1, 0.15) is 12.8 Å². The zero-order chi connectivity index (χ0) is 10.3. The monoisotopic (exact) mass is 203 g/mol. The van der Waals surface area contributed by atoms with Gasteiger partial charge >= 0.3 is 0 Å². The first-order chi connectivity index (χ1) is 6.65. The standard InChI is InChI=1S/C9H17NO4/c11-4-7-9(14)8(13)6-3-5(12)1-2-10(6)7/h5-9,11-14H,1-4H2/t5-,6+,7+,8+,9+/m0/s1. The second-order valence-corrected chi connectivity index (χ2v) is 4.21. The topological polar surface area (TPSA) is 84.2 Å². The summed E-state index contributed by atoms with van der Waals surface area (Å²) in [4.78, 5) is 1.90. The Morgan fingerprint density at radius 3 is 2.50 bits per heavy atom. The van der Waals surface area contributed by atoms with Crippen molar-refractivity contribution in [3.63, 3.8) is 0 Å². The summed E-state index contributed by atoms with van der Waals surface area (Å²) in [5, 5.41) is 37.9.